The smallest absolute Gasteiger partial charge is 0.0308 e. The second kappa shape index (κ2) is 4.25. The van der Waals surface area contributed by atoms with Crippen LogP contribution in [-0.2, 0) is 0 Å². The Hall–Kier alpha value is -0.340. The molecule has 0 spiro atoms. The van der Waals surface area contributed by atoms with Gasteiger partial charge in [0.25, 0.3) is 0 Å². The average Bonchev–Trinajstić information content (AvgIpc) is 2.31. The quantitative estimate of drug-likeness (QED) is 0.789. The zero-order valence-electron chi connectivity index (χ0n) is 8.92. The van der Waals surface area contributed by atoms with Crippen LogP contribution in [0.3, 0.4) is 0 Å². The van der Waals surface area contributed by atoms with Crippen molar-refractivity contribution in [2.45, 2.75) is 40.2 Å². The molecule has 0 aliphatic carbocycles. The van der Waals surface area contributed by atoms with Crippen molar-refractivity contribution in [2.24, 2.45) is 11.7 Å². The van der Waals surface area contributed by atoms with E-state index in [0.29, 0.717) is 5.92 Å². The first-order valence-electron chi connectivity index (χ1n) is 4.82. The minimum atomic E-state index is 0.227. The Morgan fingerprint density at radius 1 is 1.38 bits per heavy atom. The Morgan fingerprint density at radius 2 is 2.00 bits per heavy atom. The van der Waals surface area contributed by atoms with Gasteiger partial charge in [0.1, 0.15) is 0 Å². The van der Waals surface area contributed by atoms with Crippen molar-refractivity contribution >= 4 is 11.3 Å². The number of thiophene rings is 1. The third-order valence-electron chi connectivity index (χ3n) is 2.45. The molecule has 1 nitrogen and oxygen atoms in total. The van der Waals surface area contributed by atoms with Gasteiger partial charge in [-0.2, -0.15) is 0 Å². The monoisotopic (exact) mass is 197 g/mol. The molecule has 0 fully saturated rings. The third kappa shape index (κ3) is 2.55. The summed E-state index contributed by atoms with van der Waals surface area (Å²) in [7, 11) is 0. The molecule has 1 aromatic rings. The topological polar surface area (TPSA) is 26.0 Å². The second-order valence-electron chi connectivity index (χ2n) is 4.11. The van der Waals surface area contributed by atoms with E-state index in [1.807, 2.05) is 0 Å². The highest BCUT2D eigenvalue weighted by atomic mass is 32.1. The lowest BCUT2D eigenvalue weighted by Crippen LogP contribution is -2.13. The Morgan fingerprint density at radius 3 is 2.38 bits per heavy atom. The van der Waals surface area contributed by atoms with Crippen LogP contribution in [0.15, 0.2) is 5.38 Å². The molecule has 1 heterocycles. The minimum Gasteiger partial charge on any atom is -0.324 e. The van der Waals surface area contributed by atoms with Crippen LogP contribution in [0.2, 0.25) is 0 Å². The molecule has 0 aliphatic rings. The normalized spacial score (nSPS) is 13.7. The molecule has 0 radical (unpaired) electrons. The lowest BCUT2D eigenvalue weighted by Gasteiger charge is -2.13. The van der Waals surface area contributed by atoms with Crippen LogP contribution in [0.5, 0.6) is 0 Å². The Balaban J connectivity index is 2.76. The van der Waals surface area contributed by atoms with Crippen molar-refractivity contribution in [1.29, 1.82) is 0 Å². The molecule has 0 amide bonds. The zero-order chi connectivity index (χ0) is 10.0. The molecule has 2 heteroatoms. The van der Waals surface area contributed by atoms with Gasteiger partial charge in [0.05, 0.1) is 0 Å². The molecule has 0 saturated heterocycles. The Labute approximate surface area is 85.0 Å². The van der Waals surface area contributed by atoms with Gasteiger partial charge in [-0.3, -0.25) is 0 Å². The van der Waals surface area contributed by atoms with Gasteiger partial charge < -0.3 is 5.73 Å². The lowest BCUT2D eigenvalue weighted by atomic mass is 9.97. The molecule has 13 heavy (non-hydrogen) atoms. The van der Waals surface area contributed by atoms with Crippen molar-refractivity contribution in [3.8, 4) is 0 Å². The molecule has 1 aromatic heterocycles. The maximum absolute atomic E-state index is 6.12. The fourth-order valence-electron chi connectivity index (χ4n) is 1.53. The summed E-state index contributed by atoms with van der Waals surface area (Å²) in [4.78, 5) is 1.40. The molecule has 1 rings (SSSR count). The van der Waals surface area contributed by atoms with E-state index in [1.54, 1.807) is 11.3 Å². The summed E-state index contributed by atoms with van der Waals surface area (Å²) in [5, 5.41) is 2.21. The van der Waals surface area contributed by atoms with Gasteiger partial charge in [-0.25, -0.2) is 0 Å². The van der Waals surface area contributed by atoms with Crippen LogP contribution in [0.1, 0.15) is 42.3 Å². The van der Waals surface area contributed by atoms with Gasteiger partial charge in [-0.05, 0) is 42.7 Å². The van der Waals surface area contributed by atoms with E-state index >= 15 is 0 Å². The molecule has 0 aromatic carbocycles. The highest BCUT2D eigenvalue weighted by molar-refractivity contribution is 7.10. The highest BCUT2D eigenvalue weighted by Gasteiger charge is 2.13. The van der Waals surface area contributed by atoms with Crippen LogP contribution in [-0.4, -0.2) is 0 Å². The first-order valence-corrected chi connectivity index (χ1v) is 5.70. The van der Waals surface area contributed by atoms with E-state index in [9.17, 15) is 0 Å². The van der Waals surface area contributed by atoms with Crippen molar-refractivity contribution in [1.82, 2.24) is 0 Å². The van der Waals surface area contributed by atoms with E-state index in [0.717, 1.165) is 6.42 Å². The number of hydrogen-bond acceptors (Lipinski definition) is 2. The van der Waals surface area contributed by atoms with Gasteiger partial charge in [-0.1, -0.05) is 13.8 Å². The Kier molecular flexibility index (Phi) is 3.51. The third-order valence-corrected chi connectivity index (χ3v) is 3.48. The fourth-order valence-corrected chi connectivity index (χ4v) is 2.48. The molecule has 74 valence electrons. The highest BCUT2D eigenvalue weighted by Crippen LogP contribution is 2.28. The van der Waals surface area contributed by atoms with Crippen LogP contribution in [0, 0.1) is 19.8 Å². The van der Waals surface area contributed by atoms with Crippen molar-refractivity contribution in [2.75, 3.05) is 0 Å². The second-order valence-corrected chi connectivity index (χ2v) is 5.19. The zero-order valence-corrected chi connectivity index (χ0v) is 9.74. The molecular weight excluding hydrogens is 178 g/mol. The number of hydrogen-bond donors (Lipinski definition) is 1. The summed E-state index contributed by atoms with van der Waals surface area (Å²) >= 11 is 1.81. The average molecular weight is 197 g/mol. The molecule has 1 atom stereocenters. The van der Waals surface area contributed by atoms with E-state index in [1.165, 1.54) is 16.0 Å². The van der Waals surface area contributed by atoms with Crippen molar-refractivity contribution < 1.29 is 0 Å². The van der Waals surface area contributed by atoms with Gasteiger partial charge in [0.15, 0.2) is 0 Å². The van der Waals surface area contributed by atoms with E-state index in [4.69, 9.17) is 5.73 Å². The summed E-state index contributed by atoms with van der Waals surface area (Å²) in [6, 6.07) is 0.227. The van der Waals surface area contributed by atoms with Gasteiger partial charge in [-0.15, -0.1) is 11.3 Å². The van der Waals surface area contributed by atoms with Crippen LogP contribution in [0.4, 0.5) is 0 Å². The van der Waals surface area contributed by atoms with Gasteiger partial charge in [0.2, 0.25) is 0 Å². The molecule has 0 bridgehead atoms. The van der Waals surface area contributed by atoms with E-state index in [2.05, 4.69) is 33.1 Å². The first kappa shape index (κ1) is 10.7. The maximum atomic E-state index is 6.12. The van der Waals surface area contributed by atoms with Gasteiger partial charge >= 0.3 is 0 Å². The van der Waals surface area contributed by atoms with Gasteiger partial charge in [0, 0.05) is 10.9 Å². The summed E-state index contributed by atoms with van der Waals surface area (Å²) in [6.45, 7) is 8.76. The standard InChI is InChI=1S/C11H19NS/c1-7(2)5-11(12)10-6-13-9(4)8(10)3/h6-7,11H,5,12H2,1-4H3. The number of nitrogens with two attached hydrogens (primary N) is 1. The van der Waals surface area contributed by atoms with E-state index in [-0.39, 0.29) is 6.04 Å². The summed E-state index contributed by atoms with van der Waals surface area (Å²) < 4.78 is 0. The van der Waals surface area contributed by atoms with Crippen molar-refractivity contribution in [3.63, 3.8) is 0 Å². The van der Waals surface area contributed by atoms with Crippen LogP contribution < -0.4 is 5.73 Å². The fraction of sp³-hybridized carbons (Fsp3) is 0.636. The predicted molar refractivity (Wildman–Crippen MR) is 60.2 cm³/mol. The SMILES string of the molecule is Cc1scc(C(N)CC(C)C)c1C. The largest absolute Gasteiger partial charge is 0.324 e. The summed E-state index contributed by atoms with van der Waals surface area (Å²) in [5.74, 6) is 0.676. The Bertz CT molecular complexity index is 276. The van der Waals surface area contributed by atoms with Crippen LogP contribution in [0.25, 0.3) is 0 Å². The number of rotatable bonds is 3. The lowest BCUT2D eigenvalue weighted by molar-refractivity contribution is 0.509. The molecular formula is C11H19NS. The molecule has 0 saturated carbocycles. The van der Waals surface area contributed by atoms with Crippen LogP contribution >= 0.6 is 11.3 Å². The summed E-state index contributed by atoms with van der Waals surface area (Å²) in [6.07, 6.45) is 1.08. The predicted octanol–water partition coefficient (Wildman–Crippen LogP) is 3.41. The summed E-state index contributed by atoms with van der Waals surface area (Å²) in [5.41, 5.74) is 8.85. The maximum Gasteiger partial charge on any atom is 0.0308 e. The molecule has 2 N–H and O–H groups in total. The van der Waals surface area contributed by atoms with Crippen molar-refractivity contribution in [3.05, 3.63) is 21.4 Å². The minimum absolute atomic E-state index is 0.227. The molecule has 0 aliphatic heterocycles. The van der Waals surface area contributed by atoms with E-state index < -0.39 is 0 Å². The first-order chi connectivity index (χ1) is 6.02. The molecule has 1 unspecified atom stereocenters. The number of aryl methyl sites for hydroxylation is 1.